The molecule has 2 rings (SSSR count). The molecule has 0 aromatic heterocycles. The second-order valence-corrected chi connectivity index (χ2v) is 4.69. The molecule has 1 nitrogen and oxygen atoms in total. The van der Waals surface area contributed by atoms with Crippen molar-refractivity contribution in [3.63, 3.8) is 0 Å². The molecule has 0 aliphatic heterocycles. The monoisotopic (exact) mass is 265 g/mol. The predicted molar refractivity (Wildman–Crippen MR) is 75.3 cm³/mol. The first-order valence-electron chi connectivity index (χ1n) is 5.39. The van der Waals surface area contributed by atoms with Crippen molar-refractivity contribution in [2.75, 3.05) is 12.4 Å². The Morgan fingerprint density at radius 1 is 0.941 bits per heavy atom. The summed E-state index contributed by atoms with van der Waals surface area (Å²) in [6.45, 7) is 0. The molecule has 1 N–H and O–H groups in total. The third-order valence-electron chi connectivity index (χ3n) is 2.61. The molecule has 0 amide bonds. The Balaban J connectivity index is 2.22. The van der Waals surface area contributed by atoms with Crippen molar-refractivity contribution in [1.29, 1.82) is 0 Å². The Hall–Kier alpha value is -1.18. The fourth-order valence-electron chi connectivity index (χ4n) is 1.72. The number of hydrogen-bond donors (Lipinski definition) is 1. The SMILES string of the molecule is CNc1cccc(Cc2ccc(Cl)c(Cl)c2)c1. The second kappa shape index (κ2) is 5.44. The molecule has 3 heteroatoms. The van der Waals surface area contributed by atoms with Gasteiger partial charge in [0, 0.05) is 12.7 Å². The molecule has 0 unspecified atom stereocenters. The lowest BCUT2D eigenvalue weighted by Crippen LogP contribution is -1.92. The van der Waals surface area contributed by atoms with Gasteiger partial charge >= 0.3 is 0 Å². The van der Waals surface area contributed by atoms with E-state index >= 15 is 0 Å². The predicted octanol–water partition coefficient (Wildman–Crippen LogP) is 4.63. The van der Waals surface area contributed by atoms with Crippen LogP contribution >= 0.6 is 23.2 Å². The van der Waals surface area contributed by atoms with Crippen molar-refractivity contribution in [2.24, 2.45) is 0 Å². The van der Waals surface area contributed by atoms with Gasteiger partial charge in [-0.2, -0.15) is 0 Å². The number of hydrogen-bond acceptors (Lipinski definition) is 1. The molecule has 0 heterocycles. The van der Waals surface area contributed by atoms with Crippen LogP contribution in [-0.2, 0) is 6.42 Å². The van der Waals surface area contributed by atoms with Crippen LogP contribution in [0, 0.1) is 0 Å². The minimum Gasteiger partial charge on any atom is -0.388 e. The summed E-state index contributed by atoms with van der Waals surface area (Å²) in [7, 11) is 1.91. The highest BCUT2D eigenvalue weighted by Crippen LogP contribution is 2.24. The largest absolute Gasteiger partial charge is 0.388 e. The molecular weight excluding hydrogens is 253 g/mol. The van der Waals surface area contributed by atoms with Crippen LogP contribution in [0.3, 0.4) is 0 Å². The highest BCUT2D eigenvalue weighted by molar-refractivity contribution is 6.42. The zero-order chi connectivity index (χ0) is 12.3. The van der Waals surface area contributed by atoms with Crippen molar-refractivity contribution in [2.45, 2.75) is 6.42 Å². The zero-order valence-corrected chi connectivity index (χ0v) is 11.0. The molecule has 17 heavy (non-hydrogen) atoms. The average Bonchev–Trinajstić information content (AvgIpc) is 2.34. The van der Waals surface area contributed by atoms with E-state index in [1.165, 1.54) is 5.56 Å². The third kappa shape index (κ3) is 3.15. The smallest absolute Gasteiger partial charge is 0.0595 e. The van der Waals surface area contributed by atoms with E-state index in [0.29, 0.717) is 10.0 Å². The second-order valence-electron chi connectivity index (χ2n) is 3.88. The van der Waals surface area contributed by atoms with Crippen LogP contribution in [-0.4, -0.2) is 7.05 Å². The number of halogens is 2. The van der Waals surface area contributed by atoms with Crippen molar-refractivity contribution in [3.8, 4) is 0 Å². The molecule has 0 saturated carbocycles. The maximum atomic E-state index is 5.99. The Morgan fingerprint density at radius 2 is 1.71 bits per heavy atom. The van der Waals surface area contributed by atoms with Crippen molar-refractivity contribution >= 4 is 28.9 Å². The minimum absolute atomic E-state index is 0.597. The van der Waals surface area contributed by atoms with Gasteiger partial charge in [-0.15, -0.1) is 0 Å². The highest BCUT2D eigenvalue weighted by Gasteiger charge is 2.01. The summed E-state index contributed by atoms with van der Waals surface area (Å²) in [4.78, 5) is 0. The lowest BCUT2D eigenvalue weighted by Gasteiger charge is -2.06. The van der Waals surface area contributed by atoms with Gasteiger partial charge in [-0.05, 0) is 41.8 Å². The molecular formula is C14H13Cl2N. The Labute approximate surface area is 111 Å². The fraction of sp³-hybridized carbons (Fsp3) is 0.143. The van der Waals surface area contributed by atoms with Crippen LogP contribution in [0.25, 0.3) is 0 Å². The van der Waals surface area contributed by atoms with E-state index in [0.717, 1.165) is 17.7 Å². The molecule has 2 aromatic rings. The topological polar surface area (TPSA) is 12.0 Å². The van der Waals surface area contributed by atoms with Gasteiger partial charge in [-0.3, -0.25) is 0 Å². The van der Waals surface area contributed by atoms with E-state index in [2.05, 4.69) is 17.4 Å². The number of benzene rings is 2. The van der Waals surface area contributed by atoms with Gasteiger partial charge in [0.25, 0.3) is 0 Å². The number of anilines is 1. The Kier molecular flexibility index (Phi) is 3.93. The van der Waals surface area contributed by atoms with E-state index in [4.69, 9.17) is 23.2 Å². The van der Waals surface area contributed by atoms with Gasteiger partial charge < -0.3 is 5.32 Å². The van der Waals surface area contributed by atoms with Gasteiger partial charge in [0.15, 0.2) is 0 Å². The summed E-state index contributed by atoms with van der Waals surface area (Å²) < 4.78 is 0. The van der Waals surface area contributed by atoms with E-state index in [-0.39, 0.29) is 0 Å². The van der Waals surface area contributed by atoms with Gasteiger partial charge in [-0.25, -0.2) is 0 Å². The van der Waals surface area contributed by atoms with Crippen LogP contribution in [0.15, 0.2) is 42.5 Å². The first-order chi connectivity index (χ1) is 8.19. The summed E-state index contributed by atoms with van der Waals surface area (Å²) in [6.07, 6.45) is 0.854. The zero-order valence-electron chi connectivity index (χ0n) is 9.50. The van der Waals surface area contributed by atoms with Gasteiger partial charge in [0.2, 0.25) is 0 Å². The van der Waals surface area contributed by atoms with Crippen LogP contribution in [0.2, 0.25) is 10.0 Å². The van der Waals surface area contributed by atoms with Gasteiger partial charge in [0.05, 0.1) is 10.0 Å². The molecule has 0 fully saturated rings. The summed E-state index contributed by atoms with van der Waals surface area (Å²) >= 11 is 11.9. The molecule has 0 saturated heterocycles. The fourth-order valence-corrected chi connectivity index (χ4v) is 2.04. The Bertz CT molecular complexity index is 523. The molecule has 88 valence electrons. The lowest BCUT2D eigenvalue weighted by atomic mass is 10.0. The van der Waals surface area contributed by atoms with Gasteiger partial charge in [0.1, 0.15) is 0 Å². The first kappa shape index (κ1) is 12.3. The summed E-state index contributed by atoms with van der Waals surface area (Å²) in [5.41, 5.74) is 3.52. The van der Waals surface area contributed by atoms with E-state index in [1.54, 1.807) is 0 Å². The average molecular weight is 266 g/mol. The maximum Gasteiger partial charge on any atom is 0.0595 e. The van der Waals surface area contributed by atoms with E-state index in [9.17, 15) is 0 Å². The minimum atomic E-state index is 0.597. The van der Waals surface area contributed by atoms with Crippen molar-refractivity contribution in [3.05, 3.63) is 63.6 Å². The summed E-state index contributed by atoms with van der Waals surface area (Å²) in [5, 5.41) is 4.33. The number of rotatable bonds is 3. The van der Waals surface area contributed by atoms with Crippen LogP contribution < -0.4 is 5.32 Å². The third-order valence-corrected chi connectivity index (χ3v) is 3.35. The summed E-state index contributed by atoms with van der Waals surface area (Å²) in [5.74, 6) is 0. The van der Waals surface area contributed by atoms with Crippen molar-refractivity contribution < 1.29 is 0 Å². The van der Waals surface area contributed by atoms with Crippen LogP contribution in [0.4, 0.5) is 5.69 Å². The maximum absolute atomic E-state index is 5.99. The molecule has 0 spiro atoms. The number of nitrogens with one attached hydrogen (secondary N) is 1. The van der Waals surface area contributed by atoms with Crippen LogP contribution in [0.5, 0.6) is 0 Å². The molecule has 0 aliphatic rings. The standard InChI is InChI=1S/C14H13Cl2N/c1-17-12-4-2-3-10(8-12)7-11-5-6-13(15)14(16)9-11/h2-6,8-9,17H,7H2,1H3. The molecule has 0 aliphatic carbocycles. The summed E-state index contributed by atoms with van der Waals surface area (Å²) in [6, 6.07) is 14.1. The molecule has 2 aromatic carbocycles. The lowest BCUT2D eigenvalue weighted by molar-refractivity contribution is 1.19. The first-order valence-corrected chi connectivity index (χ1v) is 6.15. The van der Waals surface area contributed by atoms with Crippen LogP contribution in [0.1, 0.15) is 11.1 Å². The molecule has 0 atom stereocenters. The molecule has 0 bridgehead atoms. The highest BCUT2D eigenvalue weighted by atomic mass is 35.5. The Morgan fingerprint density at radius 3 is 2.41 bits per heavy atom. The van der Waals surface area contributed by atoms with E-state index in [1.807, 2.05) is 37.4 Å². The quantitative estimate of drug-likeness (QED) is 0.854. The molecule has 0 radical (unpaired) electrons. The van der Waals surface area contributed by atoms with E-state index < -0.39 is 0 Å². The van der Waals surface area contributed by atoms with Crippen molar-refractivity contribution in [1.82, 2.24) is 0 Å². The van der Waals surface area contributed by atoms with Gasteiger partial charge in [-0.1, -0.05) is 41.4 Å². The normalized spacial score (nSPS) is 10.3.